The summed E-state index contributed by atoms with van der Waals surface area (Å²) in [5.74, 6) is -0.0202. The molecule has 0 bridgehead atoms. The van der Waals surface area contributed by atoms with E-state index in [2.05, 4.69) is 52.4 Å². The Hall–Kier alpha value is -3.48. The number of carbonyl (C=O) groups is 1. The van der Waals surface area contributed by atoms with Crippen molar-refractivity contribution < 1.29 is 14.3 Å². The summed E-state index contributed by atoms with van der Waals surface area (Å²) >= 11 is 0. The first-order chi connectivity index (χ1) is 16.6. The molecule has 1 fully saturated rings. The van der Waals surface area contributed by atoms with Crippen molar-refractivity contribution in [2.24, 2.45) is 5.92 Å². The second-order valence-electron chi connectivity index (χ2n) is 8.87. The minimum Gasteiger partial charge on any atom is -0.481 e. The van der Waals surface area contributed by atoms with Gasteiger partial charge in [-0.15, -0.1) is 22.6 Å². The standard InChI is InChI=1S/C28H27N3O3.ClH/c1-19-24(21-9-3-2-4-10-21)13-6-14-25(19)27-30-29-26(34-27)22-11-5-8-20(16-22)17-31-15-7-12-23(18-31)28(32)33;/h2-6,8-11,13-14,16,23H,7,12,15,17-18H2,1H3,(H,32,33);1H. The number of aliphatic carboxylic acids is 1. The van der Waals surface area contributed by atoms with E-state index in [0.29, 0.717) is 24.9 Å². The van der Waals surface area contributed by atoms with Crippen LogP contribution in [0, 0.1) is 12.8 Å². The molecule has 2 heterocycles. The lowest BCUT2D eigenvalue weighted by Gasteiger charge is -2.30. The number of likely N-dealkylation sites (tertiary alicyclic amines) is 1. The fourth-order valence-corrected chi connectivity index (χ4v) is 4.71. The van der Waals surface area contributed by atoms with E-state index in [9.17, 15) is 9.90 Å². The third-order valence-electron chi connectivity index (χ3n) is 6.51. The number of rotatable bonds is 6. The van der Waals surface area contributed by atoms with E-state index >= 15 is 0 Å². The van der Waals surface area contributed by atoms with Crippen LogP contribution in [-0.4, -0.2) is 39.3 Å². The molecule has 0 amide bonds. The fraction of sp³-hybridized carbons (Fsp3) is 0.250. The maximum absolute atomic E-state index is 11.4. The van der Waals surface area contributed by atoms with Gasteiger partial charge < -0.3 is 9.52 Å². The van der Waals surface area contributed by atoms with E-state index < -0.39 is 5.97 Å². The van der Waals surface area contributed by atoms with Gasteiger partial charge in [-0.2, -0.15) is 0 Å². The highest BCUT2D eigenvalue weighted by molar-refractivity contribution is 5.85. The number of halogens is 1. The zero-order valence-corrected chi connectivity index (χ0v) is 20.4. The van der Waals surface area contributed by atoms with Crippen molar-refractivity contribution in [1.82, 2.24) is 15.1 Å². The largest absolute Gasteiger partial charge is 0.481 e. The Morgan fingerprint density at radius 3 is 2.49 bits per heavy atom. The normalized spacial score (nSPS) is 16.0. The number of hydrogen-bond donors (Lipinski definition) is 1. The summed E-state index contributed by atoms with van der Waals surface area (Å²) in [4.78, 5) is 13.6. The third-order valence-corrected chi connectivity index (χ3v) is 6.51. The minimum absolute atomic E-state index is 0. The summed E-state index contributed by atoms with van der Waals surface area (Å²) in [5, 5.41) is 18.0. The molecular formula is C28H28ClN3O3. The molecule has 0 spiro atoms. The Morgan fingerprint density at radius 1 is 0.971 bits per heavy atom. The number of nitrogens with zero attached hydrogens (tertiary/aromatic N) is 3. The predicted octanol–water partition coefficient (Wildman–Crippen LogP) is 6.10. The summed E-state index contributed by atoms with van der Waals surface area (Å²) in [6.45, 7) is 4.28. The van der Waals surface area contributed by atoms with Crippen LogP contribution in [-0.2, 0) is 11.3 Å². The van der Waals surface area contributed by atoms with Crippen molar-refractivity contribution in [2.45, 2.75) is 26.3 Å². The Morgan fingerprint density at radius 2 is 1.69 bits per heavy atom. The molecule has 1 aliphatic heterocycles. The molecule has 1 aliphatic rings. The van der Waals surface area contributed by atoms with Crippen LogP contribution in [0.25, 0.3) is 34.0 Å². The van der Waals surface area contributed by atoms with Gasteiger partial charge in [0.15, 0.2) is 0 Å². The van der Waals surface area contributed by atoms with Crippen LogP contribution in [0.4, 0.5) is 0 Å². The molecule has 0 radical (unpaired) electrons. The monoisotopic (exact) mass is 489 g/mol. The van der Waals surface area contributed by atoms with Gasteiger partial charge >= 0.3 is 5.97 Å². The predicted molar refractivity (Wildman–Crippen MR) is 138 cm³/mol. The van der Waals surface area contributed by atoms with E-state index in [1.807, 2.05) is 42.5 Å². The molecule has 1 unspecified atom stereocenters. The van der Waals surface area contributed by atoms with Crippen LogP contribution in [0.5, 0.6) is 0 Å². The lowest BCUT2D eigenvalue weighted by atomic mass is 9.96. The van der Waals surface area contributed by atoms with Crippen LogP contribution >= 0.6 is 12.4 Å². The summed E-state index contributed by atoms with van der Waals surface area (Å²) in [7, 11) is 0. The van der Waals surface area contributed by atoms with E-state index in [-0.39, 0.29) is 18.3 Å². The first-order valence-corrected chi connectivity index (χ1v) is 11.6. The molecule has 6 nitrogen and oxygen atoms in total. The van der Waals surface area contributed by atoms with Crippen molar-refractivity contribution in [1.29, 1.82) is 0 Å². The number of aromatic nitrogens is 2. The zero-order chi connectivity index (χ0) is 23.5. The van der Waals surface area contributed by atoms with Crippen LogP contribution in [0.2, 0.25) is 0 Å². The average molecular weight is 490 g/mol. The summed E-state index contributed by atoms with van der Waals surface area (Å²) < 4.78 is 6.11. The van der Waals surface area contributed by atoms with Crippen LogP contribution in [0.3, 0.4) is 0 Å². The van der Waals surface area contributed by atoms with Crippen LogP contribution < -0.4 is 0 Å². The quantitative estimate of drug-likeness (QED) is 0.352. The van der Waals surface area contributed by atoms with Crippen molar-refractivity contribution >= 4 is 18.4 Å². The number of carboxylic acids is 1. The molecule has 35 heavy (non-hydrogen) atoms. The summed E-state index contributed by atoms with van der Waals surface area (Å²) in [6.07, 6.45) is 1.66. The van der Waals surface area contributed by atoms with Crippen molar-refractivity contribution in [2.75, 3.05) is 13.1 Å². The average Bonchev–Trinajstić information content (AvgIpc) is 3.35. The molecule has 1 atom stereocenters. The smallest absolute Gasteiger partial charge is 0.307 e. The summed E-state index contributed by atoms with van der Waals surface area (Å²) in [5.41, 5.74) is 6.27. The Bertz CT molecular complexity index is 1310. The van der Waals surface area contributed by atoms with Gasteiger partial charge in [-0.1, -0.05) is 54.6 Å². The highest BCUT2D eigenvalue weighted by Gasteiger charge is 2.25. The molecule has 1 saturated heterocycles. The molecular weight excluding hydrogens is 462 g/mol. The topological polar surface area (TPSA) is 79.5 Å². The first-order valence-electron chi connectivity index (χ1n) is 11.6. The van der Waals surface area contributed by atoms with Crippen LogP contribution in [0.1, 0.15) is 24.0 Å². The number of piperidine rings is 1. The molecule has 3 aromatic carbocycles. The Kier molecular flexibility index (Phi) is 7.63. The fourth-order valence-electron chi connectivity index (χ4n) is 4.71. The van der Waals surface area contributed by atoms with Crippen LogP contribution in [0.15, 0.2) is 77.2 Å². The molecule has 1 N–H and O–H groups in total. The van der Waals surface area contributed by atoms with Gasteiger partial charge in [-0.3, -0.25) is 9.69 Å². The van der Waals surface area contributed by atoms with Gasteiger partial charge in [-0.05, 0) is 66.8 Å². The molecule has 4 aromatic rings. The van der Waals surface area contributed by atoms with Gasteiger partial charge in [-0.25, -0.2) is 0 Å². The first kappa shape index (κ1) is 24.6. The molecule has 0 saturated carbocycles. The molecule has 180 valence electrons. The SMILES string of the molecule is Cc1c(-c2ccccc2)cccc1-c1nnc(-c2cccc(CN3CCCC(C(=O)O)C3)c2)o1.Cl. The second kappa shape index (κ2) is 10.8. The van der Waals surface area contributed by atoms with Gasteiger partial charge in [0.1, 0.15) is 0 Å². The molecule has 1 aromatic heterocycles. The lowest BCUT2D eigenvalue weighted by molar-refractivity contribution is -0.143. The lowest BCUT2D eigenvalue weighted by Crippen LogP contribution is -2.38. The minimum atomic E-state index is -0.705. The number of benzene rings is 3. The van der Waals surface area contributed by atoms with E-state index in [1.54, 1.807) is 0 Å². The van der Waals surface area contributed by atoms with Gasteiger partial charge in [0.05, 0.1) is 5.92 Å². The van der Waals surface area contributed by atoms with Crippen molar-refractivity contribution in [3.63, 3.8) is 0 Å². The van der Waals surface area contributed by atoms with E-state index in [1.165, 1.54) is 0 Å². The maximum atomic E-state index is 11.4. The Labute approximate surface area is 211 Å². The van der Waals surface area contributed by atoms with Crippen molar-refractivity contribution in [3.8, 4) is 34.0 Å². The van der Waals surface area contributed by atoms with Gasteiger partial charge in [0.25, 0.3) is 0 Å². The van der Waals surface area contributed by atoms with E-state index in [4.69, 9.17) is 4.42 Å². The third kappa shape index (κ3) is 5.45. The molecule has 0 aliphatic carbocycles. The van der Waals surface area contributed by atoms with Gasteiger partial charge in [0.2, 0.25) is 11.8 Å². The van der Waals surface area contributed by atoms with Crippen molar-refractivity contribution in [3.05, 3.63) is 83.9 Å². The summed E-state index contributed by atoms with van der Waals surface area (Å²) in [6, 6.07) is 24.4. The second-order valence-corrected chi connectivity index (χ2v) is 8.87. The highest BCUT2D eigenvalue weighted by Crippen LogP contribution is 2.32. The van der Waals surface area contributed by atoms with E-state index in [0.717, 1.165) is 52.8 Å². The maximum Gasteiger partial charge on any atom is 0.307 e. The number of carboxylic acid groups (broad SMARTS) is 1. The molecule has 7 heteroatoms. The highest BCUT2D eigenvalue weighted by atomic mass is 35.5. The van der Waals surface area contributed by atoms with Gasteiger partial charge in [0, 0.05) is 24.2 Å². The number of hydrogen-bond acceptors (Lipinski definition) is 5. The Balaban J connectivity index is 0.00000289. The molecule has 5 rings (SSSR count). The zero-order valence-electron chi connectivity index (χ0n) is 19.6.